The summed E-state index contributed by atoms with van der Waals surface area (Å²) in [5.41, 5.74) is 3.59. The molecule has 0 unspecified atom stereocenters. The third-order valence-electron chi connectivity index (χ3n) is 3.70. The SMILES string of the molecule is Cc1nc2ncnc(NCc3nc4ccccc4n3C)c2[nH]1. The van der Waals surface area contributed by atoms with Crippen molar-refractivity contribution in [2.75, 3.05) is 5.32 Å². The maximum Gasteiger partial charge on any atom is 0.183 e. The number of hydrogen-bond acceptors (Lipinski definition) is 5. The summed E-state index contributed by atoms with van der Waals surface area (Å²) in [5.74, 6) is 2.50. The van der Waals surface area contributed by atoms with Crippen molar-refractivity contribution in [1.82, 2.24) is 29.5 Å². The number of benzene rings is 1. The first kappa shape index (κ1) is 12.8. The maximum atomic E-state index is 4.64. The van der Waals surface area contributed by atoms with E-state index in [9.17, 15) is 0 Å². The standard InChI is InChI=1S/C15H15N7/c1-9-19-13-14(17-8-18-15(13)20-9)16-7-12-21-10-5-3-4-6-11(10)22(12)2/h3-6,8H,7H2,1-2H3,(H2,16,17,18,19,20). The van der Waals surface area contributed by atoms with Gasteiger partial charge in [0.2, 0.25) is 0 Å². The second kappa shape index (κ2) is 4.80. The molecule has 0 aliphatic heterocycles. The molecule has 0 spiro atoms. The number of imidazole rings is 2. The van der Waals surface area contributed by atoms with E-state index < -0.39 is 0 Å². The second-order valence-corrected chi connectivity index (χ2v) is 5.17. The lowest BCUT2D eigenvalue weighted by Gasteiger charge is -2.06. The first-order valence-electron chi connectivity index (χ1n) is 7.04. The maximum absolute atomic E-state index is 4.64. The van der Waals surface area contributed by atoms with Gasteiger partial charge in [-0.25, -0.2) is 19.9 Å². The molecule has 0 radical (unpaired) electrons. The van der Waals surface area contributed by atoms with Crippen LogP contribution in [-0.4, -0.2) is 29.5 Å². The molecule has 4 rings (SSSR count). The molecule has 3 heterocycles. The molecule has 0 atom stereocenters. The van der Waals surface area contributed by atoms with Gasteiger partial charge in [-0.1, -0.05) is 12.1 Å². The van der Waals surface area contributed by atoms with Crippen LogP contribution in [0.1, 0.15) is 11.6 Å². The molecule has 3 aromatic heterocycles. The van der Waals surface area contributed by atoms with Gasteiger partial charge in [0.05, 0.1) is 17.6 Å². The molecule has 0 bridgehead atoms. The van der Waals surface area contributed by atoms with Crippen molar-refractivity contribution in [3.8, 4) is 0 Å². The highest BCUT2D eigenvalue weighted by Gasteiger charge is 2.10. The minimum atomic E-state index is 0.579. The summed E-state index contributed by atoms with van der Waals surface area (Å²) in [6.45, 7) is 2.48. The molecule has 2 N–H and O–H groups in total. The van der Waals surface area contributed by atoms with E-state index in [-0.39, 0.29) is 0 Å². The number of rotatable bonds is 3. The van der Waals surface area contributed by atoms with Crippen LogP contribution >= 0.6 is 0 Å². The normalized spacial score (nSPS) is 11.4. The molecular weight excluding hydrogens is 278 g/mol. The largest absolute Gasteiger partial charge is 0.361 e. The molecule has 0 amide bonds. The molecule has 22 heavy (non-hydrogen) atoms. The molecule has 7 nitrogen and oxygen atoms in total. The zero-order chi connectivity index (χ0) is 15.1. The Balaban J connectivity index is 1.67. The first-order valence-corrected chi connectivity index (χ1v) is 7.04. The number of para-hydroxylation sites is 2. The summed E-state index contributed by atoms with van der Waals surface area (Å²) in [6.07, 6.45) is 1.51. The molecule has 4 aromatic rings. The average molecular weight is 293 g/mol. The molecule has 110 valence electrons. The number of H-pyrrole nitrogens is 1. The van der Waals surface area contributed by atoms with Gasteiger partial charge in [-0.15, -0.1) is 0 Å². The molecule has 7 heteroatoms. The Labute approximate surface area is 126 Å². The topological polar surface area (TPSA) is 84.3 Å². The van der Waals surface area contributed by atoms with Gasteiger partial charge in [-0.3, -0.25) is 0 Å². The molecule has 0 aliphatic carbocycles. The van der Waals surface area contributed by atoms with Crippen LogP contribution in [-0.2, 0) is 13.6 Å². The lowest BCUT2D eigenvalue weighted by molar-refractivity contribution is 0.832. The lowest BCUT2D eigenvalue weighted by Crippen LogP contribution is -2.07. The average Bonchev–Trinajstić information content (AvgIpc) is 3.05. The predicted molar refractivity (Wildman–Crippen MR) is 84.5 cm³/mol. The number of aryl methyl sites for hydroxylation is 2. The smallest absolute Gasteiger partial charge is 0.183 e. The van der Waals surface area contributed by atoms with Crippen LogP contribution in [0, 0.1) is 6.92 Å². The number of aromatic amines is 1. The number of nitrogens with one attached hydrogen (secondary N) is 2. The van der Waals surface area contributed by atoms with Crippen LogP contribution in [0.3, 0.4) is 0 Å². The van der Waals surface area contributed by atoms with Crippen LogP contribution in [0.15, 0.2) is 30.6 Å². The van der Waals surface area contributed by atoms with Crippen molar-refractivity contribution >= 4 is 28.0 Å². The van der Waals surface area contributed by atoms with Crippen molar-refractivity contribution in [3.05, 3.63) is 42.2 Å². The third-order valence-corrected chi connectivity index (χ3v) is 3.70. The summed E-state index contributed by atoms with van der Waals surface area (Å²) in [6, 6.07) is 8.09. The Hall–Kier alpha value is -2.96. The van der Waals surface area contributed by atoms with Crippen LogP contribution in [0.2, 0.25) is 0 Å². The van der Waals surface area contributed by atoms with Crippen LogP contribution in [0.4, 0.5) is 5.82 Å². The van der Waals surface area contributed by atoms with Crippen LogP contribution in [0.5, 0.6) is 0 Å². The van der Waals surface area contributed by atoms with E-state index in [1.54, 1.807) is 0 Å². The zero-order valence-corrected chi connectivity index (χ0v) is 12.3. The highest BCUT2D eigenvalue weighted by atomic mass is 15.1. The summed E-state index contributed by atoms with van der Waals surface area (Å²) >= 11 is 0. The van der Waals surface area contributed by atoms with E-state index >= 15 is 0 Å². The Kier molecular flexibility index (Phi) is 2.78. The number of aromatic nitrogens is 6. The Morgan fingerprint density at radius 3 is 2.91 bits per heavy atom. The van der Waals surface area contributed by atoms with Gasteiger partial charge in [0.1, 0.15) is 23.5 Å². The number of nitrogens with zero attached hydrogens (tertiary/aromatic N) is 5. The van der Waals surface area contributed by atoms with Crippen LogP contribution < -0.4 is 5.32 Å². The molecule has 1 aromatic carbocycles. The summed E-state index contributed by atoms with van der Waals surface area (Å²) < 4.78 is 2.08. The number of anilines is 1. The highest BCUT2D eigenvalue weighted by molar-refractivity contribution is 5.82. The van der Waals surface area contributed by atoms with Crippen molar-refractivity contribution in [1.29, 1.82) is 0 Å². The van der Waals surface area contributed by atoms with E-state index in [0.717, 1.165) is 34.0 Å². The zero-order valence-electron chi connectivity index (χ0n) is 12.3. The molecule has 0 saturated heterocycles. The molecule has 0 saturated carbocycles. The third kappa shape index (κ3) is 1.98. The van der Waals surface area contributed by atoms with Gasteiger partial charge < -0.3 is 14.9 Å². The van der Waals surface area contributed by atoms with E-state index in [4.69, 9.17) is 0 Å². The highest BCUT2D eigenvalue weighted by Crippen LogP contribution is 2.18. The minimum Gasteiger partial charge on any atom is -0.361 e. The first-order chi connectivity index (χ1) is 10.7. The van der Waals surface area contributed by atoms with Gasteiger partial charge in [-0.05, 0) is 19.1 Å². The molecule has 0 aliphatic rings. The molecule has 0 fully saturated rings. The van der Waals surface area contributed by atoms with Crippen molar-refractivity contribution in [3.63, 3.8) is 0 Å². The Morgan fingerprint density at radius 1 is 1.18 bits per heavy atom. The minimum absolute atomic E-state index is 0.579. The van der Waals surface area contributed by atoms with E-state index in [1.807, 2.05) is 32.2 Å². The number of hydrogen-bond donors (Lipinski definition) is 2. The van der Waals surface area contributed by atoms with Gasteiger partial charge in [-0.2, -0.15) is 0 Å². The van der Waals surface area contributed by atoms with E-state index in [2.05, 4.69) is 40.9 Å². The quantitative estimate of drug-likeness (QED) is 0.604. The fourth-order valence-electron chi connectivity index (χ4n) is 2.59. The van der Waals surface area contributed by atoms with E-state index in [1.165, 1.54) is 6.33 Å². The summed E-state index contributed by atoms with van der Waals surface area (Å²) in [7, 11) is 2.02. The monoisotopic (exact) mass is 293 g/mol. The van der Waals surface area contributed by atoms with Crippen molar-refractivity contribution in [2.45, 2.75) is 13.5 Å². The summed E-state index contributed by atoms with van der Waals surface area (Å²) in [5, 5.41) is 3.31. The Bertz CT molecular complexity index is 967. The fraction of sp³-hybridized carbons (Fsp3) is 0.200. The molecular formula is C15H15N7. The van der Waals surface area contributed by atoms with E-state index in [0.29, 0.717) is 12.2 Å². The van der Waals surface area contributed by atoms with Crippen molar-refractivity contribution in [2.24, 2.45) is 7.05 Å². The van der Waals surface area contributed by atoms with Gasteiger partial charge in [0.15, 0.2) is 11.5 Å². The van der Waals surface area contributed by atoms with Crippen molar-refractivity contribution < 1.29 is 0 Å². The Morgan fingerprint density at radius 2 is 2.05 bits per heavy atom. The second-order valence-electron chi connectivity index (χ2n) is 5.17. The summed E-state index contributed by atoms with van der Waals surface area (Å²) in [4.78, 5) is 20.6. The number of fused-ring (bicyclic) bond motifs is 2. The fourth-order valence-corrected chi connectivity index (χ4v) is 2.59. The van der Waals surface area contributed by atoms with Gasteiger partial charge in [0, 0.05) is 7.05 Å². The van der Waals surface area contributed by atoms with Gasteiger partial charge in [0.25, 0.3) is 0 Å². The van der Waals surface area contributed by atoms with Crippen LogP contribution in [0.25, 0.3) is 22.2 Å². The predicted octanol–water partition coefficient (Wildman–Crippen LogP) is 2.16. The lowest BCUT2D eigenvalue weighted by atomic mass is 10.3. The van der Waals surface area contributed by atoms with Gasteiger partial charge >= 0.3 is 0 Å².